The summed E-state index contributed by atoms with van der Waals surface area (Å²) in [6.45, 7) is 8.18. The largest absolute Gasteiger partial charge is 0.507 e. The van der Waals surface area contributed by atoms with E-state index in [1.165, 1.54) is 4.90 Å². The fourth-order valence-corrected chi connectivity index (χ4v) is 4.62. The van der Waals surface area contributed by atoms with Crippen LogP contribution in [0.25, 0.3) is 5.76 Å². The molecule has 1 atom stereocenters. The Morgan fingerprint density at radius 2 is 1.69 bits per heavy atom. The number of hydrogen-bond acceptors (Lipinski definition) is 7. The van der Waals surface area contributed by atoms with Crippen LogP contribution >= 0.6 is 0 Å². The Labute approximate surface area is 228 Å². The van der Waals surface area contributed by atoms with Crippen LogP contribution < -0.4 is 14.2 Å². The van der Waals surface area contributed by atoms with Gasteiger partial charge in [-0.1, -0.05) is 13.0 Å². The summed E-state index contributed by atoms with van der Waals surface area (Å²) < 4.78 is 19.1. The van der Waals surface area contributed by atoms with Crippen LogP contribution in [0.5, 0.6) is 17.2 Å². The lowest BCUT2D eigenvalue weighted by Gasteiger charge is -2.26. The van der Waals surface area contributed by atoms with Crippen LogP contribution in [-0.4, -0.2) is 57.6 Å². The van der Waals surface area contributed by atoms with Gasteiger partial charge in [0.05, 0.1) is 37.8 Å². The number of likely N-dealkylation sites (tertiary alicyclic amines) is 1. The van der Waals surface area contributed by atoms with E-state index in [-0.39, 0.29) is 11.3 Å². The van der Waals surface area contributed by atoms with E-state index in [9.17, 15) is 14.7 Å². The lowest BCUT2D eigenvalue weighted by atomic mass is 9.95. The fraction of sp³-hybridized carbons (Fsp3) is 0.367. The minimum Gasteiger partial charge on any atom is -0.507 e. The highest BCUT2D eigenvalue weighted by atomic mass is 16.5. The number of aryl methyl sites for hydroxylation is 1. The summed E-state index contributed by atoms with van der Waals surface area (Å²) in [6, 6.07) is 11.4. The number of amides is 1. The molecule has 1 saturated heterocycles. The van der Waals surface area contributed by atoms with Crippen LogP contribution in [-0.2, 0) is 16.1 Å². The number of ketones is 1. The molecule has 1 aromatic heterocycles. The van der Waals surface area contributed by atoms with Gasteiger partial charge in [-0.25, -0.2) is 4.98 Å². The SMILES string of the molecule is CCCOc1ccc(C(O)=C2C(=O)C(=O)N(CCCn3ccnc3)C2c2ccc(OCC)c(OCC)c2)cc1. The van der Waals surface area contributed by atoms with E-state index in [4.69, 9.17) is 14.2 Å². The summed E-state index contributed by atoms with van der Waals surface area (Å²) in [5.41, 5.74) is 1.11. The van der Waals surface area contributed by atoms with Crippen molar-refractivity contribution in [2.75, 3.05) is 26.4 Å². The molecule has 1 fully saturated rings. The number of aromatic nitrogens is 2. The summed E-state index contributed by atoms with van der Waals surface area (Å²) in [4.78, 5) is 32.3. The van der Waals surface area contributed by atoms with E-state index in [0.29, 0.717) is 67.7 Å². The van der Waals surface area contributed by atoms with Gasteiger partial charge in [0, 0.05) is 31.0 Å². The number of rotatable bonds is 13. The quantitative estimate of drug-likeness (QED) is 0.188. The smallest absolute Gasteiger partial charge is 0.295 e. The lowest BCUT2D eigenvalue weighted by Crippen LogP contribution is -2.31. The molecule has 4 rings (SSSR count). The van der Waals surface area contributed by atoms with Crippen molar-refractivity contribution in [3.05, 3.63) is 77.9 Å². The zero-order valence-corrected chi connectivity index (χ0v) is 22.6. The maximum Gasteiger partial charge on any atom is 0.295 e. The Morgan fingerprint density at radius 1 is 0.949 bits per heavy atom. The molecule has 0 saturated carbocycles. The van der Waals surface area contributed by atoms with Crippen molar-refractivity contribution >= 4 is 17.4 Å². The molecule has 1 unspecified atom stereocenters. The third-order valence-corrected chi connectivity index (χ3v) is 6.40. The predicted octanol–water partition coefficient (Wildman–Crippen LogP) is 4.98. The molecule has 2 heterocycles. The fourth-order valence-electron chi connectivity index (χ4n) is 4.62. The summed E-state index contributed by atoms with van der Waals surface area (Å²) in [7, 11) is 0. The third kappa shape index (κ3) is 6.25. The average Bonchev–Trinajstić information content (AvgIpc) is 3.55. The Morgan fingerprint density at radius 3 is 2.36 bits per heavy atom. The van der Waals surface area contributed by atoms with Gasteiger partial charge in [-0.2, -0.15) is 0 Å². The monoisotopic (exact) mass is 533 g/mol. The first-order chi connectivity index (χ1) is 19.0. The molecule has 1 amide bonds. The summed E-state index contributed by atoms with van der Waals surface area (Å²) in [6.07, 6.45) is 6.72. The lowest BCUT2D eigenvalue weighted by molar-refractivity contribution is -0.139. The maximum absolute atomic E-state index is 13.4. The molecule has 9 heteroatoms. The molecular weight excluding hydrogens is 498 g/mol. The Balaban J connectivity index is 1.74. The Bertz CT molecular complexity index is 1300. The minimum absolute atomic E-state index is 0.0384. The van der Waals surface area contributed by atoms with Gasteiger partial charge in [0.15, 0.2) is 11.5 Å². The first-order valence-corrected chi connectivity index (χ1v) is 13.3. The highest BCUT2D eigenvalue weighted by Gasteiger charge is 2.46. The van der Waals surface area contributed by atoms with Crippen LogP contribution in [0, 0.1) is 0 Å². The molecule has 206 valence electrons. The van der Waals surface area contributed by atoms with Crippen LogP contribution in [0.3, 0.4) is 0 Å². The summed E-state index contributed by atoms with van der Waals surface area (Å²) >= 11 is 0. The maximum atomic E-state index is 13.4. The first-order valence-electron chi connectivity index (χ1n) is 13.3. The van der Waals surface area contributed by atoms with Crippen molar-refractivity contribution < 1.29 is 28.9 Å². The highest BCUT2D eigenvalue weighted by Crippen LogP contribution is 2.42. The Hall–Kier alpha value is -4.27. The molecule has 0 spiro atoms. The molecule has 9 nitrogen and oxygen atoms in total. The molecule has 0 radical (unpaired) electrons. The molecule has 1 N–H and O–H groups in total. The van der Waals surface area contributed by atoms with Crippen LogP contribution in [0.4, 0.5) is 0 Å². The zero-order chi connectivity index (χ0) is 27.8. The van der Waals surface area contributed by atoms with Gasteiger partial charge in [-0.15, -0.1) is 0 Å². The van der Waals surface area contributed by atoms with Crippen LogP contribution in [0.1, 0.15) is 50.8 Å². The van der Waals surface area contributed by atoms with Crippen LogP contribution in [0.15, 0.2) is 66.8 Å². The molecule has 0 aliphatic carbocycles. The van der Waals surface area contributed by atoms with Gasteiger partial charge < -0.3 is 28.8 Å². The van der Waals surface area contributed by atoms with E-state index in [1.54, 1.807) is 48.9 Å². The second-order valence-electron chi connectivity index (χ2n) is 9.09. The van der Waals surface area contributed by atoms with E-state index < -0.39 is 17.7 Å². The number of Topliss-reactive ketones (excluding diaryl/α,β-unsaturated/α-hetero) is 1. The molecule has 1 aliphatic rings. The van der Waals surface area contributed by atoms with Crippen molar-refractivity contribution in [2.45, 2.75) is 46.2 Å². The molecule has 39 heavy (non-hydrogen) atoms. The number of imidazole rings is 1. The highest BCUT2D eigenvalue weighted by molar-refractivity contribution is 6.46. The molecule has 1 aliphatic heterocycles. The van der Waals surface area contributed by atoms with Gasteiger partial charge in [0.1, 0.15) is 11.5 Å². The molecule has 3 aromatic rings. The van der Waals surface area contributed by atoms with Gasteiger partial charge in [-0.3, -0.25) is 9.59 Å². The summed E-state index contributed by atoms with van der Waals surface area (Å²) in [5.74, 6) is 0.142. The van der Waals surface area contributed by atoms with E-state index >= 15 is 0 Å². The number of nitrogens with zero attached hydrogens (tertiary/aromatic N) is 3. The number of benzene rings is 2. The second-order valence-corrected chi connectivity index (χ2v) is 9.09. The van der Waals surface area contributed by atoms with Gasteiger partial charge >= 0.3 is 0 Å². The Kier molecular flexibility index (Phi) is 9.25. The van der Waals surface area contributed by atoms with Crippen molar-refractivity contribution in [3.63, 3.8) is 0 Å². The minimum atomic E-state index is -0.793. The predicted molar refractivity (Wildman–Crippen MR) is 147 cm³/mol. The number of ether oxygens (including phenoxy) is 3. The second kappa shape index (κ2) is 13.0. The third-order valence-electron chi connectivity index (χ3n) is 6.40. The van der Waals surface area contributed by atoms with Crippen molar-refractivity contribution in [3.8, 4) is 17.2 Å². The number of aliphatic hydroxyl groups excluding tert-OH is 1. The van der Waals surface area contributed by atoms with E-state index in [1.807, 2.05) is 37.6 Å². The molecule has 2 aromatic carbocycles. The normalized spacial score (nSPS) is 16.5. The number of carbonyl (C=O) groups is 2. The molecule has 0 bridgehead atoms. The van der Waals surface area contributed by atoms with E-state index in [2.05, 4.69) is 4.98 Å². The zero-order valence-electron chi connectivity index (χ0n) is 22.6. The number of hydrogen-bond donors (Lipinski definition) is 1. The van der Waals surface area contributed by atoms with Crippen molar-refractivity contribution in [1.29, 1.82) is 0 Å². The van der Waals surface area contributed by atoms with Gasteiger partial charge in [-0.05, 0) is 68.7 Å². The average molecular weight is 534 g/mol. The number of carbonyl (C=O) groups excluding carboxylic acids is 2. The topological polar surface area (TPSA) is 103 Å². The van der Waals surface area contributed by atoms with Crippen molar-refractivity contribution in [2.24, 2.45) is 0 Å². The van der Waals surface area contributed by atoms with Gasteiger partial charge in [0.25, 0.3) is 11.7 Å². The number of aliphatic hydroxyl groups is 1. The van der Waals surface area contributed by atoms with Gasteiger partial charge in [0.2, 0.25) is 0 Å². The first kappa shape index (κ1) is 27.8. The van der Waals surface area contributed by atoms with E-state index in [0.717, 1.165) is 6.42 Å². The standard InChI is InChI=1S/C30H35N3O6/c1-4-18-39-23-11-8-21(9-12-23)28(34)26-27(22-10-13-24(37-5-2)25(19-22)38-6-3)33(30(36)29(26)35)16-7-15-32-17-14-31-20-32/h8-14,17,19-20,27,34H,4-7,15-16,18H2,1-3H3. The van der Waals surface area contributed by atoms with Crippen molar-refractivity contribution in [1.82, 2.24) is 14.5 Å². The summed E-state index contributed by atoms with van der Waals surface area (Å²) in [5, 5.41) is 11.4. The van der Waals surface area contributed by atoms with Crippen LogP contribution in [0.2, 0.25) is 0 Å². The molecular formula is C30H35N3O6.